The number of aryl methyl sites for hydroxylation is 1. The van der Waals surface area contributed by atoms with E-state index in [4.69, 9.17) is 5.73 Å². The van der Waals surface area contributed by atoms with Gasteiger partial charge in [0.05, 0.1) is 6.54 Å². The maximum atomic E-state index is 13.8. The Hall–Kier alpha value is -1.68. The number of hydrogen-bond acceptors (Lipinski definition) is 2. The second-order valence-corrected chi connectivity index (χ2v) is 3.95. The van der Waals surface area contributed by atoms with Crippen LogP contribution in [-0.4, -0.2) is 9.55 Å². The van der Waals surface area contributed by atoms with Gasteiger partial charge in [0.15, 0.2) is 0 Å². The maximum Gasteiger partial charge on any atom is 0.128 e. The Kier molecular flexibility index (Phi) is 3.54. The maximum absolute atomic E-state index is 13.8. The predicted octanol–water partition coefficient (Wildman–Crippen LogP) is 2.09. The van der Waals surface area contributed by atoms with Gasteiger partial charge in [0.25, 0.3) is 0 Å². The van der Waals surface area contributed by atoms with Gasteiger partial charge in [-0.3, -0.25) is 0 Å². The Labute approximate surface area is 100 Å². The monoisotopic (exact) mass is 233 g/mol. The SMILES string of the molecule is CCc1nccn1Cc1ccc(CN)cc1F. The summed E-state index contributed by atoms with van der Waals surface area (Å²) in [5.41, 5.74) is 6.94. The fourth-order valence-electron chi connectivity index (χ4n) is 1.83. The lowest BCUT2D eigenvalue weighted by molar-refractivity contribution is 0.592. The minimum atomic E-state index is -0.205. The molecule has 2 N–H and O–H groups in total. The Balaban J connectivity index is 2.24. The molecule has 0 radical (unpaired) electrons. The summed E-state index contributed by atoms with van der Waals surface area (Å²) in [6.45, 7) is 2.91. The first-order valence-corrected chi connectivity index (χ1v) is 5.72. The van der Waals surface area contributed by atoms with E-state index in [1.54, 1.807) is 12.3 Å². The molecule has 0 fully saturated rings. The summed E-state index contributed by atoms with van der Waals surface area (Å²) in [7, 11) is 0. The van der Waals surface area contributed by atoms with Crippen LogP contribution < -0.4 is 5.73 Å². The molecule has 0 aliphatic rings. The fourth-order valence-corrected chi connectivity index (χ4v) is 1.83. The molecule has 1 heterocycles. The summed E-state index contributed by atoms with van der Waals surface area (Å²) in [5, 5.41) is 0. The van der Waals surface area contributed by atoms with E-state index in [0.717, 1.165) is 17.8 Å². The lowest BCUT2D eigenvalue weighted by Gasteiger charge is -2.08. The van der Waals surface area contributed by atoms with Gasteiger partial charge in [0, 0.05) is 30.9 Å². The zero-order valence-electron chi connectivity index (χ0n) is 9.86. The molecule has 0 atom stereocenters. The minimum Gasteiger partial charge on any atom is -0.330 e. The summed E-state index contributed by atoms with van der Waals surface area (Å²) in [6.07, 6.45) is 4.45. The molecule has 90 valence electrons. The number of aromatic nitrogens is 2. The molecule has 2 aromatic rings. The quantitative estimate of drug-likeness (QED) is 0.878. The number of nitrogens with two attached hydrogens (primary N) is 1. The van der Waals surface area contributed by atoms with E-state index < -0.39 is 0 Å². The molecule has 0 saturated carbocycles. The fraction of sp³-hybridized carbons (Fsp3) is 0.308. The van der Waals surface area contributed by atoms with Crippen molar-refractivity contribution in [3.8, 4) is 0 Å². The minimum absolute atomic E-state index is 0.205. The van der Waals surface area contributed by atoms with Crippen molar-refractivity contribution in [3.63, 3.8) is 0 Å². The predicted molar refractivity (Wildman–Crippen MR) is 65.0 cm³/mol. The number of rotatable bonds is 4. The second-order valence-electron chi connectivity index (χ2n) is 3.95. The van der Waals surface area contributed by atoms with Gasteiger partial charge in [0.1, 0.15) is 11.6 Å². The number of hydrogen-bond donors (Lipinski definition) is 1. The Bertz CT molecular complexity index is 505. The molecule has 3 nitrogen and oxygen atoms in total. The molecular formula is C13H16FN3. The zero-order valence-corrected chi connectivity index (χ0v) is 9.86. The number of benzene rings is 1. The molecule has 0 bridgehead atoms. The van der Waals surface area contributed by atoms with E-state index in [0.29, 0.717) is 18.7 Å². The molecule has 0 saturated heterocycles. The lowest BCUT2D eigenvalue weighted by Crippen LogP contribution is -2.06. The molecule has 0 spiro atoms. The third-order valence-electron chi connectivity index (χ3n) is 2.81. The highest BCUT2D eigenvalue weighted by Gasteiger charge is 2.06. The van der Waals surface area contributed by atoms with Crippen molar-refractivity contribution in [3.05, 3.63) is 53.4 Å². The van der Waals surface area contributed by atoms with Gasteiger partial charge < -0.3 is 10.3 Å². The standard InChI is InChI=1S/C13H16FN3/c1-2-13-16-5-6-17(13)9-11-4-3-10(8-15)7-12(11)14/h3-7H,2,8-9,15H2,1H3. The van der Waals surface area contributed by atoms with Crippen LogP contribution >= 0.6 is 0 Å². The molecular weight excluding hydrogens is 217 g/mol. The average molecular weight is 233 g/mol. The first-order valence-electron chi connectivity index (χ1n) is 5.72. The van der Waals surface area contributed by atoms with Crippen LogP contribution in [0.1, 0.15) is 23.9 Å². The smallest absolute Gasteiger partial charge is 0.128 e. The third-order valence-corrected chi connectivity index (χ3v) is 2.81. The highest BCUT2D eigenvalue weighted by Crippen LogP contribution is 2.13. The van der Waals surface area contributed by atoms with Crippen molar-refractivity contribution in [2.45, 2.75) is 26.4 Å². The highest BCUT2D eigenvalue weighted by atomic mass is 19.1. The third kappa shape index (κ3) is 2.53. The largest absolute Gasteiger partial charge is 0.330 e. The zero-order chi connectivity index (χ0) is 12.3. The molecule has 2 rings (SSSR count). The van der Waals surface area contributed by atoms with Crippen molar-refractivity contribution in [2.24, 2.45) is 5.73 Å². The Morgan fingerprint density at radius 1 is 1.41 bits per heavy atom. The van der Waals surface area contributed by atoms with E-state index in [1.165, 1.54) is 6.07 Å². The van der Waals surface area contributed by atoms with Crippen LogP contribution in [0.15, 0.2) is 30.6 Å². The van der Waals surface area contributed by atoms with Gasteiger partial charge in [-0.15, -0.1) is 0 Å². The van der Waals surface area contributed by atoms with Crippen molar-refractivity contribution in [1.82, 2.24) is 9.55 Å². The van der Waals surface area contributed by atoms with Crippen LogP contribution in [0.25, 0.3) is 0 Å². The normalized spacial score (nSPS) is 10.8. The number of halogens is 1. The molecule has 17 heavy (non-hydrogen) atoms. The Morgan fingerprint density at radius 3 is 2.88 bits per heavy atom. The molecule has 0 aliphatic heterocycles. The van der Waals surface area contributed by atoms with E-state index in [2.05, 4.69) is 4.98 Å². The van der Waals surface area contributed by atoms with Crippen LogP contribution in [0, 0.1) is 5.82 Å². The molecule has 1 aromatic carbocycles. The topological polar surface area (TPSA) is 43.8 Å². The van der Waals surface area contributed by atoms with Crippen LogP contribution in [0.5, 0.6) is 0 Å². The molecule has 4 heteroatoms. The first kappa shape index (κ1) is 11.8. The molecule has 1 aromatic heterocycles. The Morgan fingerprint density at radius 2 is 2.24 bits per heavy atom. The molecule has 0 amide bonds. The van der Waals surface area contributed by atoms with Crippen LogP contribution in [0.2, 0.25) is 0 Å². The van der Waals surface area contributed by atoms with E-state index >= 15 is 0 Å². The summed E-state index contributed by atoms with van der Waals surface area (Å²) in [4.78, 5) is 4.21. The van der Waals surface area contributed by atoms with Crippen LogP contribution in [0.4, 0.5) is 4.39 Å². The van der Waals surface area contributed by atoms with Gasteiger partial charge in [-0.2, -0.15) is 0 Å². The number of nitrogens with zero attached hydrogens (tertiary/aromatic N) is 2. The van der Waals surface area contributed by atoms with Gasteiger partial charge >= 0.3 is 0 Å². The highest BCUT2D eigenvalue weighted by molar-refractivity contribution is 5.24. The van der Waals surface area contributed by atoms with Gasteiger partial charge in [-0.25, -0.2) is 9.37 Å². The van der Waals surface area contributed by atoms with Gasteiger partial charge in [-0.1, -0.05) is 19.1 Å². The lowest BCUT2D eigenvalue weighted by atomic mass is 10.1. The van der Waals surface area contributed by atoms with Crippen molar-refractivity contribution in [2.75, 3.05) is 0 Å². The van der Waals surface area contributed by atoms with Crippen LogP contribution in [0.3, 0.4) is 0 Å². The summed E-state index contributed by atoms with van der Waals surface area (Å²) < 4.78 is 15.7. The summed E-state index contributed by atoms with van der Waals surface area (Å²) in [5.74, 6) is 0.760. The van der Waals surface area contributed by atoms with Crippen molar-refractivity contribution in [1.29, 1.82) is 0 Å². The molecule has 0 unspecified atom stereocenters. The number of imidazole rings is 1. The van der Waals surface area contributed by atoms with Gasteiger partial charge in [0.2, 0.25) is 0 Å². The van der Waals surface area contributed by atoms with E-state index in [1.807, 2.05) is 23.8 Å². The van der Waals surface area contributed by atoms with E-state index in [9.17, 15) is 4.39 Å². The first-order chi connectivity index (χ1) is 8.24. The summed E-state index contributed by atoms with van der Waals surface area (Å²) >= 11 is 0. The van der Waals surface area contributed by atoms with Gasteiger partial charge in [-0.05, 0) is 11.6 Å². The van der Waals surface area contributed by atoms with E-state index in [-0.39, 0.29) is 5.82 Å². The average Bonchev–Trinajstić information content (AvgIpc) is 2.79. The van der Waals surface area contributed by atoms with Crippen LogP contribution in [-0.2, 0) is 19.5 Å². The molecule has 0 aliphatic carbocycles. The summed E-state index contributed by atoms with van der Waals surface area (Å²) in [6, 6.07) is 5.15. The second kappa shape index (κ2) is 5.10. The van der Waals surface area contributed by atoms with Crippen molar-refractivity contribution < 1.29 is 4.39 Å². The van der Waals surface area contributed by atoms with Crippen molar-refractivity contribution >= 4 is 0 Å².